The lowest BCUT2D eigenvalue weighted by Gasteiger charge is -2.14. The topological polar surface area (TPSA) is 106 Å². The van der Waals surface area contributed by atoms with Gasteiger partial charge in [-0.1, -0.05) is 36.4 Å². The summed E-state index contributed by atoms with van der Waals surface area (Å²) in [6.45, 7) is 0.241. The van der Waals surface area contributed by atoms with E-state index >= 15 is 0 Å². The molecule has 1 aromatic heterocycles. The molecule has 1 unspecified atom stereocenters. The number of para-hydroxylation sites is 1. The Bertz CT molecular complexity index is 1250. The highest BCUT2D eigenvalue weighted by Gasteiger charge is 2.12. The Labute approximate surface area is 197 Å². The number of amides is 2. The number of hydrogen-bond donors (Lipinski definition) is 3. The van der Waals surface area contributed by atoms with E-state index in [-0.39, 0.29) is 18.4 Å². The first-order chi connectivity index (χ1) is 16.6. The molecule has 0 radical (unpaired) electrons. The number of carbonyl (C=O) groups excluding carboxylic acids is 2. The molecule has 4 rings (SSSR count). The molecule has 4 N–H and O–H groups in total. The molecule has 0 aliphatic rings. The molecule has 0 bridgehead atoms. The summed E-state index contributed by atoms with van der Waals surface area (Å²) in [6.07, 6.45) is 3.22. The Morgan fingerprint density at radius 3 is 2.24 bits per heavy atom. The highest BCUT2D eigenvalue weighted by Crippen LogP contribution is 2.22. The van der Waals surface area contributed by atoms with Crippen LogP contribution in [0.5, 0.6) is 11.5 Å². The second kappa shape index (κ2) is 10.9. The van der Waals surface area contributed by atoms with E-state index < -0.39 is 6.04 Å². The van der Waals surface area contributed by atoms with Crippen molar-refractivity contribution in [2.45, 2.75) is 6.04 Å². The van der Waals surface area contributed by atoms with Gasteiger partial charge in [-0.15, -0.1) is 0 Å². The summed E-state index contributed by atoms with van der Waals surface area (Å²) in [5, 5.41) is 5.66. The standard InChI is InChI=1S/C27H24N4O3/c28-25(19-9-11-20(12-10-19)27(33)31-22-13-15-29-16-14-22)18-30-26(32)21-5-4-8-24(17-21)34-23-6-2-1-3-7-23/h1-17,25H,18,28H2,(H,30,32)(H,29,31,33). The van der Waals surface area contributed by atoms with Crippen LogP contribution in [0.15, 0.2) is 103 Å². The van der Waals surface area contributed by atoms with E-state index in [0.29, 0.717) is 28.3 Å². The number of nitrogens with one attached hydrogen (secondary N) is 2. The van der Waals surface area contributed by atoms with Gasteiger partial charge in [-0.05, 0) is 60.2 Å². The zero-order valence-electron chi connectivity index (χ0n) is 18.3. The van der Waals surface area contributed by atoms with Gasteiger partial charge in [0.15, 0.2) is 0 Å². The molecular weight excluding hydrogens is 428 g/mol. The number of hydrogen-bond acceptors (Lipinski definition) is 5. The maximum absolute atomic E-state index is 12.6. The van der Waals surface area contributed by atoms with Gasteiger partial charge in [-0.2, -0.15) is 0 Å². The van der Waals surface area contributed by atoms with Gasteiger partial charge in [-0.25, -0.2) is 0 Å². The van der Waals surface area contributed by atoms with E-state index in [9.17, 15) is 9.59 Å². The number of pyridine rings is 1. The maximum atomic E-state index is 12.6. The summed E-state index contributed by atoms with van der Waals surface area (Å²) in [7, 11) is 0. The average Bonchev–Trinajstić information content (AvgIpc) is 2.88. The predicted molar refractivity (Wildman–Crippen MR) is 131 cm³/mol. The lowest BCUT2D eigenvalue weighted by atomic mass is 10.0. The number of carbonyl (C=O) groups is 2. The second-order valence-electron chi connectivity index (χ2n) is 7.57. The fourth-order valence-corrected chi connectivity index (χ4v) is 3.27. The van der Waals surface area contributed by atoms with Gasteiger partial charge >= 0.3 is 0 Å². The predicted octanol–water partition coefficient (Wildman–Crippen LogP) is 4.56. The smallest absolute Gasteiger partial charge is 0.255 e. The van der Waals surface area contributed by atoms with Crippen LogP contribution in [0.25, 0.3) is 0 Å². The minimum Gasteiger partial charge on any atom is -0.457 e. The van der Waals surface area contributed by atoms with E-state index in [1.54, 1.807) is 73.1 Å². The lowest BCUT2D eigenvalue weighted by molar-refractivity contribution is 0.0950. The first-order valence-electron chi connectivity index (χ1n) is 10.8. The Balaban J connectivity index is 1.32. The van der Waals surface area contributed by atoms with Crippen molar-refractivity contribution in [2.75, 3.05) is 11.9 Å². The number of benzene rings is 3. The van der Waals surface area contributed by atoms with Crippen LogP contribution in [0.1, 0.15) is 32.3 Å². The van der Waals surface area contributed by atoms with Gasteiger partial charge in [0.2, 0.25) is 0 Å². The molecule has 1 atom stereocenters. The van der Waals surface area contributed by atoms with Crippen LogP contribution in [-0.4, -0.2) is 23.3 Å². The third-order valence-corrected chi connectivity index (χ3v) is 5.10. The molecule has 3 aromatic carbocycles. The molecule has 0 saturated heterocycles. The second-order valence-corrected chi connectivity index (χ2v) is 7.57. The molecule has 0 aliphatic carbocycles. The first kappa shape index (κ1) is 22.7. The normalized spacial score (nSPS) is 11.3. The zero-order chi connectivity index (χ0) is 23.8. The maximum Gasteiger partial charge on any atom is 0.255 e. The summed E-state index contributed by atoms with van der Waals surface area (Å²) < 4.78 is 5.79. The molecule has 7 heteroatoms. The van der Waals surface area contributed by atoms with Crippen molar-refractivity contribution >= 4 is 17.5 Å². The van der Waals surface area contributed by atoms with E-state index in [0.717, 1.165) is 5.56 Å². The Kier molecular flexibility index (Phi) is 7.27. The number of aromatic nitrogens is 1. The van der Waals surface area contributed by atoms with E-state index in [4.69, 9.17) is 10.5 Å². The van der Waals surface area contributed by atoms with Gasteiger partial charge in [-0.3, -0.25) is 14.6 Å². The van der Waals surface area contributed by atoms with Gasteiger partial charge in [0.1, 0.15) is 11.5 Å². The molecule has 34 heavy (non-hydrogen) atoms. The largest absolute Gasteiger partial charge is 0.457 e. The number of rotatable bonds is 8. The van der Waals surface area contributed by atoms with Crippen molar-refractivity contribution in [1.29, 1.82) is 0 Å². The molecule has 0 fully saturated rings. The highest BCUT2D eigenvalue weighted by atomic mass is 16.5. The monoisotopic (exact) mass is 452 g/mol. The first-order valence-corrected chi connectivity index (χ1v) is 10.8. The van der Waals surface area contributed by atoms with Crippen molar-refractivity contribution in [2.24, 2.45) is 5.73 Å². The molecule has 170 valence electrons. The zero-order valence-corrected chi connectivity index (χ0v) is 18.3. The summed E-state index contributed by atoms with van der Waals surface area (Å²) >= 11 is 0. The summed E-state index contributed by atoms with van der Waals surface area (Å²) in [4.78, 5) is 28.9. The number of ether oxygens (including phenoxy) is 1. The molecule has 4 aromatic rings. The van der Waals surface area contributed by atoms with Crippen molar-refractivity contribution in [3.8, 4) is 11.5 Å². The van der Waals surface area contributed by atoms with E-state index in [1.165, 1.54) is 0 Å². The summed E-state index contributed by atoms with van der Waals surface area (Å²) in [6, 6.07) is 26.3. The molecule has 7 nitrogen and oxygen atoms in total. The van der Waals surface area contributed by atoms with Crippen LogP contribution < -0.4 is 21.1 Å². The van der Waals surface area contributed by atoms with Crippen molar-refractivity contribution in [3.63, 3.8) is 0 Å². The molecule has 0 saturated carbocycles. The molecule has 2 amide bonds. The van der Waals surface area contributed by atoms with Gasteiger partial charge < -0.3 is 21.1 Å². The Morgan fingerprint density at radius 1 is 0.794 bits per heavy atom. The minimum atomic E-state index is -0.426. The van der Waals surface area contributed by atoms with E-state index in [1.807, 2.05) is 30.3 Å². The lowest BCUT2D eigenvalue weighted by Crippen LogP contribution is -2.31. The van der Waals surface area contributed by atoms with Crippen molar-refractivity contribution in [3.05, 3.63) is 120 Å². The Hall–Kier alpha value is -4.49. The van der Waals surface area contributed by atoms with Gasteiger partial charge in [0.25, 0.3) is 11.8 Å². The summed E-state index contributed by atoms with van der Waals surface area (Å²) in [5.74, 6) is 0.795. The Morgan fingerprint density at radius 2 is 1.50 bits per heavy atom. The molecule has 1 heterocycles. The van der Waals surface area contributed by atoms with Crippen LogP contribution in [0.2, 0.25) is 0 Å². The highest BCUT2D eigenvalue weighted by molar-refractivity contribution is 6.04. The number of anilines is 1. The quantitative estimate of drug-likeness (QED) is 0.363. The molecule has 0 spiro atoms. The number of nitrogens with two attached hydrogens (primary N) is 1. The van der Waals surface area contributed by atoms with Crippen LogP contribution in [0, 0.1) is 0 Å². The van der Waals surface area contributed by atoms with Crippen molar-refractivity contribution < 1.29 is 14.3 Å². The van der Waals surface area contributed by atoms with E-state index in [2.05, 4.69) is 15.6 Å². The van der Waals surface area contributed by atoms with Crippen LogP contribution in [0.4, 0.5) is 5.69 Å². The fourth-order valence-electron chi connectivity index (χ4n) is 3.27. The third-order valence-electron chi connectivity index (χ3n) is 5.10. The molecule has 0 aliphatic heterocycles. The van der Waals surface area contributed by atoms with Crippen LogP contribution in [0.3, 0.4) is 0 Å². The van der Waals surface area contributed by atoms with Crippen LogP contribution in [-0.2, 0) is 0 Å². The minimum absolute atomic E-state index is 0.225. The van der Waals surface area contributed by atoms with Gasteiger partial charge in [0, 0.05) is 41.8 Å². The van der Waals surface area contributed by atoms with Crippen molar-refractivity contribution in [1.82, 2.24) is 10.3 Å². The third kappa shape index (κ3) is 6.05. The SMILES string of the molecule is NC(CNC(=O)c1cccc(Oc2ccccc2)c1)c1ccc(C(=O)Nc2ccncc2)cc1. The molecular formula is C27H24N4O3. The van der Waals surface area contributed by atoms with Gasteiger partial charge in [0.05, 0.1) is 0 Å². The number of nitrogens with zero attached hydrogens (tertiary/aromatic N) is 1. The van der Waals surface area contributed by atoms with Crippen LogP contribution >= 0.6 is 0 Å². The average molecular weight is 453 g/mol. The fraction of sp³-hybridized carbons (Fsp3) is 0.0741. The summed E-state index contributed by atoms with van der Waals surface area (Å²) in [5.41, 5.74) is 8.71.